The van der Waals surface area contributed by atoms with Gasteiger partial charge in [0.05, 0.1) is 4.91 Å². The molecule has 0 spiro atoms. The summed E-state index contributed by atoms with van der Waals surface area (Å²) in [5.41, 5.74) is 2.93. The van der Waals surface area contributed by atoms with Crippen LogP contribution >= 0.6 is 11.8 Å². The molecule has 2 fully saturated rings. The summed E-state index contributed by atoms with van der Waals surface area (Å²) in [4.78, 5) is 19.8. The van der Waals surface area contributed by atoms with Gasteiger partial charge in [-0.3, -0.25) is 9.79 Å². The van der Waals surface area contributed by atoms with E-state index in [0.29, 0.717) is 16.6 Å². The van der Waals surface area contributed by atoms with E-state index in [4.69, 9.17) is 0 Å². The number of carbonyl (C=O) groups is 1. The standard InChI is InChI=1S/C25H34FN3OS/c1-4-5-7-12-27-25-28-24(30)23(31-25)17-21-16-22(26)11-10-20(21)15-18(2)19(3)29-13-8-6-9-14-29/h10-11,16-18H,3-9,12-15H2,1-2H3,(H,27,28,30)/b23-17-. The zero-order chi connectivity index (χ0) is 22.2. The van der Waals surface area contributed by atoms with Crippen molar-refractivity contribution < 1.29 is 9.18 Å². The molecule has 2 saturated heterocycles. The van der Waals surface area contributed by atoms with Crippen LogP contribution in [0.1, 0.15) is 63.5 Å². The lowest BCUT2D eigenvalue weighted by molar-refractivity contribution is -0.115. The van der Waals surface area contributed by atoms with Crippen LogP contribution in [0.3, 0.4) is 0 Å². The third kappa shape index (κ3) is 6.70. The molecule has 31 heavy (non-hydrogen) atoms. The van der Waals surface area contributed by atoms with Crippen molar-refractivity contribution in [2.75, 3.05) is 19.6 Å². The third-order valence-electron chi connectivity index (χ3n) is 5.92. The minimum Gasteiger partial charge on any atom is -0.375 e. The van der Waals surface area contributed by atoms with Crippen LogP contribution < -0.4 is 5.32 Å². The molecule has 0 aromatic heterocycles. The van der Waals surface area contributed by atoms with Gasteiger partial charge >= 0.3 is 0 Å². The van der Waals surface area contributed by atoms with Gasteiger partial charge in [-0.05, 0) is 79.1 Å². The number of benzene rings is 1. The molecule has 0 saturated carbocycles. The molecule has 1 aromatic rings. The van der Waals surface area contributed by atoms with Gasteiger partial charge in [0, 0.05) is 25.3 Å². The monoisotopic (exact) mass is 443 g/mol. The van der Waals surface area contributed by atoms with Crippen molar-refractivity contribution in [3.05, 3.63) is 52.3 Å². The van der Waals surface area contributed by atoms with Crippen molar-refractivity contribution >= 4 is 28.9 Å². The summed E-state index contributed by atoms with van der Waals surface area (Å²) in [6.45, 7) is 11.5. The van der Waals surface area contributed by atoms with Crippen LogP contribution in [0.4, 0.5) is 4.39 Å². The molecular formula is C25H34FN3OS. The van der Waals surface area contributed by atoms with E-state index in [9.17, 15) is 9.18 Å². The number of amides is 1. The Morgan fingerprint density at radius 3 is 2.84 bits per heavy atom. The van der Waals surface area contributed by atoms with E-state index in [0.717, 1.165) is 55.6 Å². The van der Waals surface area contributed by atoms with Gasteiger partial charge in [-0.1, -0.05) is 39.3 Å². The van der Waals surface area contributed by atoms with Gasteiger partial charge in [-0.15, -0.1) is 0 Å². The Labute approximate surface area is 190 Å². The Morgan fingerprint density at radius 2 is 2.10 bits per heavy atom. The molecule has 0 bridgehead atoms. The number of nitrogens with one attached hydrogen (secondary N) is 1. The van der Waals surface area contributed by atoms with Crippen molar-refractivity contribution in [2.45, 2.75) is 58.8 Å². The van der Waals surface area contributed by atoms with E-state index in [2.05, 4.69) is 35.6 Å². The first-order valence-electron chi connectivity index (χ1n) is 11.5. The number of allylic oxidation sites excluding steroid dienone is 1. The van der Waals surface area contributed by atoms with Gasteiger partial charge in [-0.2, -0.15) is 0 Å². The predicted molar refractivity (Wildman–Crippen MR) is 129 cm³/mol. The number of halogens is 1. The molecule has 1 amide bonds. The van der Waals surface area contributed by atoms with Crippen LogP contribution in [0.2, 0.25) is 0 Å². The van der Waals surface area contributed by atoms with Crippen LogP contribution in [0.25, 0.3) is 6.08 Å². The van der Waals surface area contributed by atoms with Crippen molar-refractivity contribution in [3.63, 3.8) is 0 Å². The van der Waals surface area contributed by atoms with Crippen LogP contribution in [0.5, 0.6) is 0 Å². The molecule has 4 nitrogen and oxygen atoms in total. The van der Waals surface area contributed by atoms with E-state index in [1.54, 1.807) is 6.08 Å². The Balaban J connectivity index is 1.72. The maximum absolute atomic E-state index is 14.0. The average Bonchev–Trinajstić information content (AvgIpc) is 3.12. The van der Waals surface area contributed by atoms with E-state index < -0.39 is 0 Å². The zero-order valence-corrected chi connectivity index (χ0v) is 19.6. The van der Waals surface area contributed by atoms with Gasteiger partial charge in [0.2, 0.25) is 0 Å². The topological polar surface area (TPSA) is 44.7 Å². The molecule has 1 aromatic carbocycles. The summed E-state index contributed by atoms with van der Waals surface area (Å²) < 4.78 is 14.0. The highest BCUT2D eigenvalue weighted by atomic mass is 32.2. The second kappa shape index (κ2) is 11.5. The molecule has 2 heterocycles. The number of aliphatic imine (C=N–C) groups is 1. The SMILES string of the molecule is C=C(C(C)Cc1ccc(F)cc1/C=C1\SC(=NCCCCC)NC1=O)N1CCCCC1. The van der Waals surface area contributed by atoms with Crippen LogP contribution in [0.15, 0.2) is 40.4 Å². The second-order valence-electron chi connectivity index (χ2n) is 8.45. The molecule has 168 valence electrons. The summed E-state index contributed by atoms with van der Waals surface area (Å²) in [7, 11) is 0. The number of hydrogen-bond acceptors (Lipinski definition) is 4. The zero-order valence-electron chi connectivity index (χ0n) is 18.8. The largest absolute Gasteiger partial charge is 0.375 e. The number of thioether (sulfide) groups is 1. The van der Waals surface area contributed by atoms with Crippen LogP contribution in [0, 0.1) is 11.7 Å². The third-order valence-corrected chi connectivity index (χ3v) is 6.87. The van der Waals surface area contributed by atoms with Gasteiger partial charge in [-0.25, -0.2) is 4.39 Å². The normalized spacial score (nSPS) is 20.4. The number of unbranched alkanes of at least 4 members (excludes halogenated alkanes) is 2. The average molecular weight is 444 g/mol. The van der Waals surface area contributed by atoms with E-state index in [-0.39, 0.29) is 17.6 Å². The lowest BCUT2D eigenvalue weighted by Gasteiger charge is -2.33. The number of nitrogens with zero attached hydrogens (tertiary/aromatic N) is 2. The number of likely N-dealkylation sites (tertiary alicyclic amines) is 1. The molecule has 2 aliphatic heterocycles. The molecule has 1 atom stereocenters. The van der Waals surface area contributed by atoms with Crippen molar-refractivity contribution in [2.24, 2.45) is 10.9 Å². The maximum Gasteiger partial charge on any atom is 0.264 e. The first-order chi connectivity index (χ1) is 15.0. The number of hydrogen-bond donors (Lipinski definition) is 1. The number of amidine groups is 1. The highest BCUT2D eigenvalue weighted by molar-refractivity contribution is 8.18. The van der Waals surface area contributed by atoms with Gasteiger partial charge in [0.25, 0.3) is 5.91 Å². The fourth-order valence-electron chi connectivity index (χ4n) is 4.01. The first-order valence-corrected chi connectivity index (χ1v) is 12.3. The quantitative estimate of drug-likeness (QED) is 0.390. The minimum atomic E-state index is -0.296. The van der Waals surface area contributed by atoms with Crippen LogP contribution in [-0.2, 0) is 11.2 Å². The Morgan fingerprint density at radius 1 is 1.32 bits per heavy atom. The van der Waals surface area contributed by atoms with Gasteiger partial charge < -0.3 is 10.2 Å². The number of carbonyl (C=O) groups excluding carboxylic acids is 1. The highest BCUT2D eigenvalue weighted by Crippen LogP contribution is 2.29. The van der Waals surface area contributed by atoms with Crippen molar-refractivity contribution in [1.29, 1.82) is 0 Å². The highest BCUT2D eigenvalue weighted by Gasteiger charge is 2.24. The second-order valence-corrected chi connectivity index (χ2v) is 9.48. The lowest BCUT2D eigenvalue weighted by Crippen LogP contribution is -2.31. The van der Waals surface area contributed by atoms with Crippen LogP contribution in [-0.4, -0.2) is 35.6 Å². The van der Waals surface area contributed by atoms with Gasteiger partial charge in [0.15, 0.2) is 5.17 Å². The van der Waals surface area contributed by atoms with Crippen molar-refractivity contribution in [3.8, 4) is 0 Å². The summed E-state index contributed by atoms with van der Waals surface area (Å²) >= 11 is 1.34. The Hall–Kier alpha value is -2.08. The maximum atomic E-state index is 14.0. The molecule has 1 N–H and O–H groups in total. The predicted octanol–water partition coefficient (Wildman–Crippen LogP) is 5.75. The van der Waals surface area contributed by atoms with Crippen molar-refractivity contribution in [1.82, 2.24) is 10.2 Å². The molecule has 6 heteroatoms. The molecule has 3 rings (SSSR count). The molecule has 1 unspecified atom stereocenters. The fourth-order valence-corrected chi connectivity index (χ4v) is 4.85. The summed E-state index contributed by atoms with van der Waals surface area (Å²) in [5, 5.41) is 3.46. The van der Waals surface area contributed by atoms with E-state index in [1.165, 1.54) is 43.2 Å². The minimum absolute atomic E-state index is 0.166. The number of rotatable bonds is 9. The van der Waals surface area contributed by atoms with Gasteiger partial charge in [0.1, 0.15) is 5.82 Å². The molecule has 2 aliphatic rings. The van der Waals surface area contributed by atoms with E-state index >= 15 is 0 Å². The number of piperidine rings is 1. The summed E-state index contributed by atoms with van der Waals surface area (Å²) in [6, 6.07) is 4.85. The smallest absolute Gasteiger partial charge is 0.264 e. The molecular weight excluding hydrogens is 409 g/mol. The Bertz CT molecular complexity index is 858. The lowest BCUT2D eigenvalue weighted by atomic mass is 9.93. The Kier molecular flexibility index (Phi) is 8.76. The molecule has 0 aliphatic carbocycles. The summed E-state index contributed by atoms with van der Waals surface area (Å²) in [5.74, 6) is -0.211. The fraction of sp³-hybridized carbons (Fsp3) is 0.520. The first kappa shape index (κ1) is 23.6. The van der Waals surface area contributed by atoms with E-state index in [1.807, 2.05) is 6.07 Å². The summed E-state index contributed by atoms with van der Waals surface area (Å²) in [6.07, 6.45) is 9.57. The molecule has 0 radical (unpaired) electrons.